The van der Waals surface area contributed by atoms with Gasteiger partial charge in [-0.3, -0.25) is 0 Å². The van der Waals surface area contributed by atoms with E-state index in [0.717, 1.165) is 48.7 Å². The van der Waals surface area contributed by atoms with Gasteiger partial charge in [-0.15, -0.1) is 0 Å². The van der Waals surface area contributed by atoms with E-state index in [0.29, 0.717) is 17.4 Å². The van der Waals surface area contributed by atoms with E-state index in [9.17, 15) is 10.2 Å². The summed E-state index contributed by atoms with van der Waals surface area (Å²) in [5.41, 5.74) is 2.92. The van der Waals surface area contributed by atoms with Gasteiger partial charge in [-0.05, 0) is 0 Å². The number of phenolic OH excluding ortho intramolecular Hbond substituents is 2. The number of nitrogens with one attached hydrogen (secondary N) is 1. The third-order valence-corrected chi connectivity index (χ3v) is 10.2. The molecule has 0 spiro atoms. The van der Waals surface area contributed by atoms with Crippen molar-refractivity contribution in [3.05, 3.63) is 47.0 Å². The number of hydrogen-bond donors (Lipinski definition) is 3. The first kappa shape index (κ1) is 35.2. The molecule has 0 aliphatic heterocycles. The molecular formula is C35H52AsN4O2S. The normalized spacial score (nSPS) is 12.8. The second-order valence-electron chi connectivity index (χ2n) is 14.5. The molecular weight excluding hydrogens is 615 g/mol. The molecule has 0 amide bonds. The summed E-state index contributed by atoms with van der Waals surface area (Å²) in [5, 5.41) is 25.9. The van der Waals surface area contributed by atoms with E-state index in [1.807, 2.05) is 18.2 Å². The maximum absolute atomic E-state index is 11.2. The van der Waals surface area contributed by atoms with E-state index >= 15 is 0 Å². The molecule has 235 valence electrons. The van der Waals surface area contributed by atoms with E-state index in [4.69, 9.17) is 15.0 Å². The van der Waals surface area contributed by atoms with E-state index in [1.54, 1.807) is 17.8 Å². The van der Waals surface area contributed by atoms with Gasteiger partial charge >= 0.3 is 272 Å². The van der Waals surface area contributed by atoms with Gasteiger partial charge in [0.25, 0.3) is 0 Å². The van der Waals surface area contributed by atoms with Crippen molar-refractivity contribution in [3.63, 3.8) is 0 Å². The summed E-state index contributed by atoms with van der Waals surface area (Å²) >= 11 is 1.17. The van der Waals surface area contributed by atoms with Gasteiger partial charge in [0.2, 0.25) is 0 Å². The Kier molecular flexibility index (Phi) is 12.0. The second-order valence-corrected chi connectivity index (χ2v) is 17.9. The zero-order valence-corrected chi connectivity index (χ0v) is 30.6. The number of rotatable bonds is 12. The van der Waals surface area contributed by atoms with Crippen LogP contribution in [0.2, 0.25) is 0 Å². The number of anilines is 2. The van der Waals surface area contributed by atoms with Gasteiger partial charge in [0.05, 0.1) is 0 Å². The topological polar surface area (TPSA) is 91.2 Å². The van der Waals surface area contributed by atoms with Crippen LogP contribution in [0.3, 0.4) is 0 Å². The molecule has 1 heterocycles. The number of nitrogens with zero attached hydrogens (tertiary/aromatic N) is 3. The molecule has 0 aliphatic rings. The first-order valence-electron chi connectivity index (χ1n) is 15.6. The van der Waals surface area contributed by atoms with E-state index in [1.165, 1.54) is 32.1 Å². The van der Waals surface area contributed by atoms with E-state index in [2.05, 4.69) is 80.6 Å². The summed E-state index contributed by atoms with van der Waals surface area (Å²) in [5.74, 6) is 2.16. The van der Waals surface area contributed by atoms with Gasteiger partial charge in [0.1, 0.15) is 0 Å². The van der Waals surface area contributed by atoms with Gasteiger partial charge in [0.15, 0.2) is 0 Å². The van der Waals surface area contributed by atoms with Crippen molar-refractivity contribution in [2.75, 3.05) is 11.1 Å². The number of aromatic hydroxyl groups is 2. The van der Waals surface area contributed by atoms with Gasteiger partial charge in [0, 0.05) is 0 Å². The first-order valence-corrected chi connectivity index (χ1v) is 18.4. The number of unbranched alkanes of at least 4 members (excludes halogenated alkanes) is 5. The zero-order valence-electron chi connectivity index (χ0n) is 27.9. The van der Waals surface area contributed by atoms with Gasteiger partial charge in [-0.1, -0.05) is 0 Å². The molecule has 3 rings (SSSR count). The number of phenols is 2. The Morgan fingerprint density at radius 2 is 1.30 bits per heavy atom. The van der Waals surface area contributed by atoms with E-state index in [-0.39, 0.29) is 16.2 Å². The minimum absolute atomic E-state index is 0.167. The van der Waals surface area contributed by atoms with Crippen LogP contribution < -0.4 is 14.3 Å². The van der Waals surface area contributed by atoms with Crippen molar-refractivity contribution in [1.82, 2.24) is 15.0 Å². The van der Waals surface area contributed by atoms with Gasteiger partial charge < -0.3 is 0 Å². The second kappa shape index (κ2) is 14.7. The molecule has 0 fully saturated rings. The Labute approximate surface area is 271 Å². The van der Waals surface area contributed by atoms with Crippen molar-refractivity contribution in [2.24, 2.45) is 0 Å². The average molecular weight is 668 g/mol. The van der Waals surface area contributed by atoms with Crippen molar-refractivity contribution < 1.29 is 10.2 Å². The SMILES string of the molecule is CCCCCCCCSc1nc(Nc2cc(C(C)(C)C)c(O)c(C(C)(C)C)c2)nc([As]c2ccc(O)c(C(C)(C)C)c2)n1. The molecule has 43 heavy (non-hydrogen) atoms. The number of thioether (sulfide) groups is 1. The fraction of sp³-hybridized carbons (Fsp3) is 0.571. The van der Waals surface area contributed by atoms with Crippen molar-refractivity contribution >= 4 is 48.1 Å². The van der Waals surface area contributed by atoms with Crippen molar-refractivity contribution in [3.8, 4) is 11.5 Å². The van der Waals surface area contributed by atoms with Gasteiger partial charge in [-0.25, -0.2) is 0 Å². The quantitative estimate of drug-likeness (QED) is 0.0780. The molecule has 8 heteroatoms. The molecule has 3 aromatic rings. The predicted octanol–water partition coefficient (Wildman–Crippen LogP) is 8.03. The molecule has 0 saturated carbocycles. The Morgan fingerprint density at radius 1 is 0.721 bits per heavy atom. The summed E-state index contributed by atoms with van der Waals surface area (Å²) in [6.45, 7) is 21.3. The molecule has 1 aromatic heterocycles. The molecule has 2 aromatic carbocycles. The minimum atomic E-state index is -0.528. The predicted molar refractivity (Wildman–Crippen MR) is 185 cm³/mol. The summed E-state index contributed by atoms with van der Waals surface area (Å²) < 4.78 is 1.91. The molecule has 0 atom stereocenters. The van der Waals surface area contributed by atoms with Crippen molar-refractivity contribution in [2.45, 2.75) is 129 Å². The van der Waals surface area contributed by atoms with Crippen LogP contribution in [0.5, 0.6) is 11.5 Å². The molecule has 6 nitrogen and oxygen atoms in total. The van der Waals surface area contributed by atoms with Crippen LogP contribution >= 0.6 is 11.8 Å². The average Bonchev–Trinajstić information content (AvgIpc) is 2.88. The molecule has 3 N–H and O–H groups in total. The van der Waals surface area contributed by atoms with Crippen LogP contribution in [0.1, 0.15) is 124 Å². The Balaban J connectivity index is 1.97. The van der Waals surface area contributed by atoms with Crippen LogP contribution in [-0.4, -0.2) is 46.7 Å². The number of hydrogen-bond acceptors (Lipinski definition) is 7. The Hall–Kier alpha value is -2.24. The monoisotopic (exact) mass is 667 g/mol. The third-order valence-electron chi connectivity index (χ3n) is 7.33. The molecule has 0 saturated heterocycles. The fourth-order valence-electron chi connectivity index (χ4n) is 4.85. The molecule has 1 radical (unpaired) electrons. The maximum atomic E-state index is 11.2. The summed E-state index contributed by atoms with van der Waals surface area (Å²) in [7, 11) is 0. The number of benzene rings is 2. The van der Waals surface area contributed by atoms with Crippen molar-refractivity contribution in [1.29, 1.82) is 0 Å². The summed E-state index contributed by atoms with van der Waals surface area (Å²) in [4.78, 5) is 14.6. The van der Waals surface area contributed by atoms with Crippen LogP contribution in [0.25, 0.3) is 0 Å². The van der Waals surface area contributed by atoms with Crippen LogP contribution in [0.4, 0.5) is 11.6 Å². The number of aromatic nitrogens is 3. The molecule has 0 bridgehead atoms. The summed E-state index contributed by atoms with van der Waals surface area (Å²) in [6.07, 6.45) is 7.51. The van der Waals surface area contributed by atoms with Crippen LogP contribution in [0, 0.1) is 0 Å². The molecule has 0 aliphatic carbocycles. The van der Waals surface area contributed by atoms with Gasteiger partial charge in [-0.2, -0.15) is 0 Å². The standard InChI is InChI=1S/C35H52AsN4O2S/c1-11-12-13-14-15-16-19-43-32-39-30(36-23-17-18-28(41)25(20-23)33(2,3)4)38-31(40-32)37-24-21-26(34(5,6)7)29(42)27(22-24)35(8,9)10/h17-18,20-22,41-42H,11-16,19H2,1-10H3,(H,37,38,39,40). The third kappa shape index (κ3) is 10.4. The van der Waals surface area contributed by atoms with Crippen LogP contribution in [-0.2, 0) is 16.2 Å². The summed E-state index contributed by atoms with van der Waals surface area (Å²) in [6, 6.07) is 9.90. The molecule has 0 unspecified atom stereocenters. The Bertz CT molecular complexity index is 1340. The first-order chi connectivity index (χ1) is 20.0. The van der Waals surface area contributed by atoms with Crippen LogP contribution in [0.15, 0.2) is 35.5 Å². The fourth-order valence-corrected chi connectivity index (χ4v) is 7.64. The zero-order chi connectivity index (χ0) is 32.0. The Morgan fingerprint density at radius 3 is 1.88 bits per heavy atom. The van der Waals surface area contributed by atoms with E-state index < -0.39 is 15.8 Å².